The van der Waals surface area contributed by atoms with Gasteiger partial charge in [-0.2, -0.15) is 0 Å². The van der Waals surface area contributed by atoms with E-state index in [0.717, 1.165) is 27.7 Å². The van der Waals surface area contributed by atoms with Gasteiger partial charge in [-0.15, -0.1) is 0 Å². The molecule has 1 aromatic carbocycles. The highest BCUT2D eigenvalue weighted by atomic mass is 32.2. The summed E-state index contributed by atoms with van der Waals surface area (Å²) in [5, 5.41) is 3.26. The van der Waals surface area contributed by atoms with Gasteiger partial charge in [0.1, 0.15) is 11.6 Å². The third kappa shape index (κ3) is 3.19. The van der Waals surface area contributed by atoms with Gasteiger partial charge in [0.25, 0.3) is 0 Å². The summed E-state index contributed by atoms with van der Waals surface area (Å²) in [5.41, 5.74) is 0.718. The van der Waals surface area contributed by atoms with Crippen LogP contribution < -0.4 is 5.32 Å². The average molecular weight is 279 g/mol. The second-order valence-electron chi connectivity index (χ2n) is 4.37. The van der Waals surface area contributed by atoms with Gasteiger partial charge in [-0.3, -0.25) is 0 Å². The molecule has 0 aliphatic heterocycles. The monoisotopic (exact) mass is 279 g/mol. The van der Waals surface area contributed by atoms with E-state index in [-0.39, 0.29) is 11.9 Å². The van der Waals surface area contributed by atoms with E-state index in [9.17, 15) is 4.39 Å². The zero-order valence-corrected chi connectivity index (χ0v) is 12.2. The van der Waals surface area contributed by atoms with Crippen molar-refractivity contribution in [2.24, 2.45) is 0 Å². The summed E-state index contributed by atoms with van der Waals surface area (Å²) in [6.45, 7) is 6.72. The molecule has 2 rings (SSSR count). The van der Waals surface area contributed by atoms with Crippen LogP contribution in [0.5, 0.6) is 0 Å². The minimum Gasteiger partial charge on any atom is -0.468 e. The van der Waals surface area contributed by atoms with Crippen LogP contribution in [0, 0.1) is 12.7 Å². The van der Waals surface area contributed by atoms with Crippen LogP contribution in [0.4, 0.5) is 4.39 Å². The SMILES string of the molecule is CCNC(C)c1c(F)cccc1Sc1ccoc1C. The minimum atomic E-state index is -0.167. The van der Waals surface area contributed by atoms with Crippen molar-refractivity contribution in [2.75, 3.05) is 6.54 Å². The lowest BCUT2D eigenvalue weighted by Gasteiger charge is -2.17. The number of nitrogens with one attached hydrogen (secondary N) is 1. The van der Waals surface area contributed by atoms with Crippen LogP contribution in [0.15, 0.2) is 44.7 Å². The number of halogens is 1. The van der Waals surface area contributed by atoms with Gasteiger partial charge in [0.05, 0.1) is 11.2 Å². The minimum absolute atomic E-state index is 0.0130. The first-order valence-corrected chi connectivity index (χ1v) is 7.18. The summed E-state index contributed by atoms with van der Waals surface area (Å²) in [6.07, 6.45) is 1.66. The third-order valence-corrected chi connectivity index (χ3v) is 4.21. The van der Waals surface area contributed by atoms with Crippen molar-refractivity contribution < 1.29 is 8.81 Å². The highest BCUT2D eigenvalue weighted by molar-refractivity contribution is 7.99. The predicted octanol–water partition coefficient (Wildman–Crippen LogP) is 4.55. The maximum absolute atomic E-state index is 14.1. The number of benzene rings is 1. The lowest BCUT2D eigenvalue weighted by molar-refractivity contribution is 0.526. The molecule has 102 valence electrons. The van der Waals surface area contributed by atoms with E-state index in [1.165, 1.54) is 6.07 Å². The molecule has 1 N–H and O–H groups in total. The van der Waals surface area contributed by atoms with Crippen LogP contribution in [0.2, 0.25) is 0 Å². The Morgan fingerprint density at radius 2 is 2.11 bits per heavy atom. The first-order valence-electron chi connectivity index (χ1n) is 6.37. The molecule has 1 atom stereocenters. The fourth-order valence-electron chi connectivity index (χ4n) is 2.03. The van der Waals surface area contributed by atoms with Crippen LogP contribution in [-0.4, -0.2) is 6.54 Å². The number of furan rings is 1. The molecular formula is C15H18FNOS. The number of hydrogen-bond donors (Lipinski definition) is 1. The smallest absolute Gasteiger partial charge is 0.129 e. The van der Waals surface area contributed by atoms with Crippen LogP contribution >= 0.6 is 11.8 Å². The molecule has 0 amide bonds. The maximum atomic E-state index is 14.1. The number of aryl methyl sites for hydroxylation is 1. The van der Waals surface area contributed by atoms with Crippen molar-refractivity contribution in [2.45, 2.75) is 36.6 Å². The Balaban J connectivity index is 2.34. The quantitative estimate of drug-likeness (QED) is 0.869. The van der Waals surface area contributed by atoms with E-state index >= 15 is 0 Å². The number of hydrogen-bond acceptors (Lipinski definition) is 3. The van der Waals surface area contributed by atoms with Crippen molar-refractivity contribution in [3.63, 3.8) is 0 Å². The molecule has 1 heterocycles. The Kier molecular flexibility index (Phi) is 4.66. The zero-order chi connectivity index (χ0) is 13.8. The van der Waals surface area contributed by atoms with Gasteiger partial charge >= 0.3 is 0 Å². The predicted molar refractivity (Wildman–Crippen MR) is 76.1 cm³/mol. The van der Waals surface area contributed by atoms with Crippen LogP contribution in [-0.2, 0) is 0 Å². The molecule has 0 fully saturated rings. The van der Waals surface area contributed by atoms with Crippen molar-refractivity contribution in [1.29, 1.82) is 0 Å². The van der Waals surface area contributed by atoms with Crippen molar-refractivity contribution in [1.82, 2.24) is 5.32 Å². The van der Waals surface area contributed by atoms with E-state index in [2.05, 4.69) is 5.32 Å². The third-order valence-electron chi connectivity index (χ3n) is 2.99. The molecule has 4 heteroatoms. The highest BCUT2D eigenvalue weighted by Gasteiger charge is 2.16. The van der Waals surface area contributed by atoms with Crippen molar-refractivity contribution in [3.05, 3.63) is 47.7 Å². The summed E-state index contributed by atoms with van der Waals surface area (Å²) in [7, 11) is 0. The van der Waals surface area contributed by atoms with Gasteiger partial charge in [0, 0.05) is 16.5 Å². The van der Waals surface area contributed by atoms with Gasteiger partial charge in [-0.25, -0.2) is 4.39 Å². The maximum Gasteiger partial charge on any atom is 0.129 e. The van der Waals surface area contributed by atoms with Gasteiger partial charge in [0.15, 0.2) is 0 Å². The Hall–Kier alpha value is -1.26. The van der Waals surface area contributed by atoms with E-state index in [1.54, 1.807) is 24.1 Å². The standard InChI is InChI=1S/C15H18FNOS/c1-4-17-10(2)15-12(16)6-5-7-14(15)19-13-8-9-18-11(13)3/h5-10,17H,4H2,1-3H3. The lowest BCUT2D eigenvalue weighted by atomic mass is 10.1. The molecule has 0 bridgehead atoms. The molecule has 2 aromatic rings. The first kappa shape index (κ1) is 14.2. The van der Waals surface area contributed by atoms with Crippen LogP contribution in [0.25, 0.3) is 0 Å². The average Bonchev–Trinajstić information content (AvgIpc) is 2.75. The molecular weight excluding hydrogens is 261 g/mol. The highest BCUT2D eigenvalue weighted by Crippen LogP contribution is 2.36. The van der Waals surface area contributed by atoms with E-state index in [1.807, 2.05) is 32.9 Å². The molecule has 1 aromatic heterocycles. The second kappa shape index (κ2) is 6.26. The van der Waals surface area contributed by atoms with Gasteiger partial charge < -0.3 is 9.73 Å². The summed E-state index contributed by atoms with van der Waals surface area (Å²) in [6, 6.07) is 7.10. The normalized spacial score (nSPS) is 12.6. The Bertz CT molecular complexity index is 553. The zero-order valence-electron chi connectivity index (χ0n) is 11.4. The molecule has 1 unspecified atom stereocenters. The van der Waals surface area contributed by atoms with E-state index in [0.29, 0.717) is 0 Å². The van der Waals surface area contributed by atoms with Crippen LogP contribution in [0.3, 0.4) is 0 Å². The van der Waals surface area contributed by atoms with Gasteiger partial charge in [-0.05, 0) is 38.6 Å². The van der Waals surface area contributed by atoms with E-state index in [4.69, 9.17) is 4.42 Å². The molecule has 2 nitrogen and oxygen atoms in total. The number of rotatable bonds is 5. The Morgan fingerprint density at radius 1 is 1.32 bits per heavy atom. The van der Waals surface area contributed by atoms with Crippen LogP contribution in [0.1, 0.15) is 31.2 Å². The summed E-state index contributed by atoms with van der Waals surface area (Å²) < 4.78 is 19.4. The molecule has 0 spiro atoms. The Morgan fingerprint density at radius 3 is 2.74 bits per heavy atom. The van der Waals surface area contributed by atoms with Gasteiger partial charge in [-0.1, -0.05) is 24.8 Å². The molecule has 0 radical (unpaired) electrons. The molecule has 0 saturated carbocycles. The van der Waals surface area contributed by atoms with Crippen molar-refractivity contribution >= 4 is 11.8 Å². The summed E-state index contributed by atoms with van der Waals surface area (Å²) in [4.78, 5) is 1.95. The summed E-state index contributed by atoms with van der Waals surface area (Å²) in [5.74, 6) is 0.691. The second-order valence-corrected chi connectivity index (χ2v) is 5.46. The fourth-order valence-corrected chi connectivity index (χ4v) is 3.12. The molecule has 0 aliphatic carbocycles. The Labute approximate surface area is 117 Å². The molecule has 19 heavy (non-hydrogen) atoms. The molecule has 0 aliphatic rings. The first-order chi connectivity index (χ1) is 9.13. The lowest BCUT2D eigenvalue weighted by Crippen LogP contribution is -2.19. The van der Waals surface area contributed by atoms with E-state index < -0.39 is 0 Å². The summed E-state index contributed by atoms with van der Waals surface area (Å²) >= 11 is 1.54. The van der Waals surface area contributed by atoms with Crippen molar-refractivity contribution in [3.8, 4) is 0 Å². The fraction of sp³-hybridized carbons (Fsp3) is 0.333. The molecule has 0 saturated heterocycles. The largest absolute Gasteiger partial charge is 0.468 e. The topological polar surface area (TPSA) is 25.2 Å². The van der Waals surface area contributed by atoms with Gasteiger partial charge in [0.2, 0.25) is 0 Å².